The van der Waals surface area contributed by atoms with Crippen molar-refractivity contribution in [2.24, 2.45) is 0 Å². The van der Waals surface area contributed by atoms with E-state index in [0.29, 0.717) is 11.3 Å². The van der Waals surface area contributed by atoms with Crippen molar-refractivity contribution in [3.05, 3.63) is 71.0 Å². The standard InChI is InChI=1S/C20H17FN2O2/c21-19-4-2-1-3-15(19)13-25-18-9-5-14(6-10-18)11-16(12-22)20(24)23-17-7-8-17/h1-6,9-11,17H,7-8,13H2,(H,23,24). The Labute approximate surface area is 145 Å². The van der Waals surface area contributed by atoms with Gasteiger partial charge in [0.2, 0.25) is 0 Å². The Morgan fingerprint density at radius 1 is 1.24 bits per heavy atom. The van der Waals surface area contributed by atoms with Crippen molar-refractivity contribution >= 4 is 12.0 Å². The summed E-state index contributed by atoms with van der Waals surface area (Å²) in [5.74, 6) is -0.0615. The van der Waals surface area contributed by atoms with Crippen LogP contribution in [0.25, 0.3) is 6.08 Å². The monoisotopic (exact) mass is 336 g/mol. The van der Waals surface area contributed by atoms with Crippen LogP contribution < -0.4 is 10.1 Å². The molecule has 0 spiro atoms. The maximum Gasteiger partial charge on any atom is 0.262 e. The maximum absolute atomic E-state index is 13.6. The quantitative estimate of drug-likeness (QED) is 0.648. The van der Waals surface area contributed by atoms with E-state index in [-0.39, 0.29) is 29.9 Å². The number of ether oxygens (including phenoxy) is 1. The maximum atomic E-state index is 13.6. The Bertz CT molecular complexity index is 834. The van der Waals surface area contributed by atoms with Gasteiger partial charge in [-0.2, -0.15) is 5.26 Å². The van der Waals surface area contributed by atoms with Gasteiger partial charge in [-0.05, 0) is 42.7 Å². The molecule has 2 aromatic rings. The van der Waals surface area contributed by atoms with E-state index in [1.807, 2.05) is 6.07 Å². The van der Waals surface area contributed by atoms with Gasteiger partial charge in [0.1, 0.15) is 29.8 Å². The van der Waals surface area contributed by atoms with E-state index in [4.69, 9.17) is 10.00 Å². The van der Waals surface area contributed by atoms with Gasteiger partial charge in [0.15, 0.2) is 0 Å². The van der Waals surface area contributed by atoms with Crippen LogP contribution in [0.3, 0.4) is 0 Å². The van der Waals surface area contributed by atoms with Gasteiger partial charge in [-0.3, -0.25) is 4.79 Å². The fourth-order valence-corrected chi connectivity index (χ4v) is 2.24. The number of carbonyl (C=O) groups excluding carboxylic acids is 1. The first-order chi connectivity index (χ1) is 12.2. The minimum Gasteiger partial charge on any atom is -0.489 e. The molecule has 0 heterocycles. The predicted octanol–water partition coefficient (Wildman–Crippen LogP) is 3.59. The Hall–Kier alpha value is -3.13. The van der Waals surface area contributed by atoms with Crippen molar-refractivity contribution in [1.29, 1.82) is 5.26 Å². The summed E-state index contributed by atoms with van der Waals surface area (Å²) in [5, 5.41) is 11.9. The minimum absolute atomic E-state index is 0.0759. The van der Waals surface area contributed by atoms with Crippen LogP contribution >= 0.6 is 0 Å². The smallest absolute Gasteiger partial charge is 0.262 e. The summed E-state index contributed by atoms with van der Waals surface area (Å²) >= 11 is 0. The average molecular weight is 336 g/mol. The highest BCUT2D eigenvalue weighted by molar-refractivity contribution is 6.01. The fourth-order valence-electron chi connectivity index (χ4n) is 2.24. The van der Waals surface area contributed by atoms with Crippen LogP contribution in [0.4, 0.5) is 4.39 Å². The summed E-state index contributed by atoms with van der Waals surface area (Å²) in [6.45, 7) is 0.134. The van der Waals surface area contributed by atoms with Gasteiger partial charge >= 0.3 is 0 Å². The number of benzene rings is 2. The molecular formula is C20H17FN2O2. The molecular weight excluding hydrogens is 319 g/mol. The van der Waals surface area contributed by atoms with E-state index in [2.05, 4.69) is 5.32 Å². The summed E-state index contributed by atoms with van der Waals surface area (Å²) in [4.78, 5) is 11.9. The molecule has 4 nitrogen and oxygen atoms in total. The molecule has 1 N–H and O–H groups in total. The molecule has 1 fully saturated rings. The SMILES string of the molecule is N#CC(=Cc1ccc(OCc2ccccc2F)cc1)C(=O)NC1CC1. The van der Waals surface area contributed by atoms with Crippen LogP contribution in [0.15, 0.2) is 54.1 Å². The number of halogens is 1. The molecule has 0 aromatic heterocycles. The number of nitrogens with one attached hydrogen (secondary N) is 1. The molecule has 3 rings (SSSR count). The molecule has 1 amide bonds. The van der Waals surface area contributed by atoms with Crippen molar-refractivity contribution in [3.63, 3.8) is 0 Å². The predicted molar refractivity (Wildman–Crippen MR) is 91.9 cm³/mol. The molecule has 126 valence electrons. The second kappa shape index (κ2) is 7.63. The van der Waals surface area contributed by atoms with Gasteiger partial charge in [0.25, 0.3) is 5.91 Å². The zero-order valence-corrected chi connectivity index (χ0v) is 13.5. The van der Waals surface area contributed by atoms with Crippen molar-refractivity contribution in [2.45, 2.75) is 25.5 Å². The Morgan fingerprint density at radius 2 is 1.96 bits per heavy atom. The number of nitrogens with zero attached hydrogens (tertiary/aromatic N) is 1. The third-order valence-corrected chi connectivity index (χ3v) is 3.82. The van der Waals surface area contributed by atoms with Crippen LogP contribution in [0.5, 0.6) is 5.75 Å². The lowest BCUT2D eigenvalue weighted by Crippen LogP contribution is -2.26. The number of hydrogen-bond donors (Lipinski definition) is 1. The zero-order valence-electron chi connectivity index (χ0n) is 13.5. The highest BCUT2D eigenvalue weighted by Crippen LogP contribution is 2.20. The van der Waals surface area contributed by atoms with Crippen molar-refractivity contribution in [2.75, 3.05) is 0 Å². The molecule has 2 aromatic carbocycles. The van der Waals surface area contributed by atoms with E-state index in [1.54, 1.807) is 48.5 Å². The fraction of sp³-hybridized carbons (Fsp3) is 0.200. The first kappa shape index (κ1) is 16.7. The van der Waals surface area contributed by atoms with Gasteiger partial charge in [0, 0.05) is 11.6 Å². The van der Waals surface area contributed by atoms with E-state index in [1.165, 1.54) is 6.07 Å². The molecule has 0 radical (unpaired) electrons. The number of carbonyl (C=O) groups is 1. The highest BCUT2D eigenvalue weighted by atomic mass is 19.1. The summed E-state index contributed by atoms with van der Waals surface area (Å²) < 4.78 is 19.1. The Morgan fingerprint density at radius 3 is 2.60 bits per heavy atom. The van der Waals surface area contributed by atoms with E-state index < -0.39 is 0 Å². The third-order valence-electron chi connectivity index (χ3n) is 3.82. The number of hydrogen-bond acceptors (Lipinski definition) is 3. The van der Waals surface area contributed by atoms with Crippen LogP contribution in [-0.4, -0.2) is 11.9 Å². The van der Waals surface area contributed by atoms with Gasteiger partial charge in [-0.1, -0.05) is 30.3 Å². The van der Waals surface area contributed by atoms with Crippen LogP contribution in [0.1, 0.15) is 24.0 Å². The molecule has 0 bridgehead atoms. The molecule has 0 atom stereocenters. The first-order valence-electron chi connectivity index (χ1n) is 8.04. The van der Waals surface area contributed by atoms with Crippen molar-refractivity contribution in [1.82, 2.24) is 5.32 Å². The van der Waals surface area contributed by atoms with E-state index in [0.717, 1.165) is 18.4 Å². The molecule has 1 aliphatic carbocycles. The molecule has 1 saturated carbocycles. The topological polar surface area (TPSA) is 62.1 Å². The lowest BCUT2D eigenvalue weighted by atomic mass is 10.1. The third kappa shape index (κ3) is 4.67. The van der Waals surface area contributed by atoms with Gasteiger partial charge in [-0.15, -0.1) is 0 Å². The second-order valence-electron chi connectivity index (χ2n) is 5.87. The van der Waals surface area contributed by atoms with Crippen LogP contribution in [0, 0.1) is 17.1 Å². The number of amides is 1. The number of nitriles is 1. The molecule has 0 saturated heterocycles. The van der Waals surface area contributed by atoms with Gasteiger partial charge in [0.05, 0.1) is 0 Å². The van der Waals surface area contributed by atoms with Crippen molar-refractivity contribution < 1.29 is 13.9 Å². The first-order valence-corrected chi connectivity index (χ1v) is 8.04. The summed E-state index contributed by atoms with van der Waals surface area (Å²) in [6, 6.07) is 15.5. The van der Waals surface area contributed by atoms with E-state index >= 15 is 0 Å². The summed E-state index contributed by atoms with van der Waals surface area (Å²) in [6.07, 6.45) is 3.48. The van der Waals surface area contributed by atoms with Gasteiger partial charge < -0.3 is 10.1 Å². The second-order valence-corrected chi connectivity index (χ2v) is 5.87. The van der Waals surface area contributed by atoms with Crippen LogP contribution in [-0.2, 0) is 11.4 Å². The Kier molecular flexibility index (Phi) is 5.10. The highest BCUT2D eigenvalue weighted by Gasteiger charge is 2.24. The molecule has 0 aliphatic heterocycles. The summed E-state index contributed by atoms with van der Waals surface area (Å²) in [7, 11) is 0. The van der Waals surface area contributed by atoms with Gasteiger partial charge in [-0.25, -0.2) is 4.39 Å². The lowest BCUT2D eigenvalue weighted by Gasteiger charge is -2.07. The number of rotatable bonds is 6. The molecule has 5 heteroatoms. The zero-order chi connectivity index (χ0) is 17.6. The minimum atomic E-state index is -0.343. The average Bonchev–Trinajstić information content (AvgIpc) is 3.44. The van der Waals surface area contributed by atoms with Crippen LogP contribution in [0.2, 0.25) is 0 Å². The molecule has 0 unspecified atom stereocenters. The lowest BCUT2D eigenvalue weighted by molar-refractivity contribution is -0.117. The largest absolute Gasteiger partial charge is 0.489 e. The van der Waals surface area contributed by atoms with Crippen molar-refractivity contribution in [3.8, 4) is 11.8 Å². The molecule has 1 aliphatic rings. The normalized spacial score (nSPS) is 13.8. The summed E-state index contributed by atoms with van der Waals surface area (Å²) in [5.41, 5.74) is 1.28. The van der Waals surface area contributed by atoms with E-state index in [9.17, 15) is 9.18 Å². The Balaban J connectivity index is 1.63. The molecule has 25 heavy (non-hydrogen) atoms.